The van der Waals surface area contributed by atoms with Crippen molar-refractivity contribution in [2.45, 2.75) is 11.8 Å². The molecular formula is C23H29N3O7S. The molecule has 11 heteroatoms. The van der Waals surface area contributed by atoms with Crippen molar-refractivity contribution in [3.63, 3.8) is 0 Å². The quantitative estimate of drug-likeness (QED) is 0.557. The van der Waals surface area contributed by atoms with Gasteiger partial charge in [-0.2, -0.15) is 0 Å². The summed E-state index contributed by atoms with van der Waals surface area (Å²) in [5.41, 5.74) is 0.264. The van der Waals surface area contributed by atoms with E-state index in [2.05, 4.69) is 0 Å². The van der Waals surface area contributed by atoms with Crippen LogP contribution in [0.5, 0.6) is 11.5 Å². The van der Waals surface area contributed by atoms with E-state index < -0.39 is 22.7 Å². The lowest BCUT2D eigenvalue weighted by molar-refractivity contribution is -0.131. The first-order chi connectivity index (χ1) is 16.3. The van der Waals surface area contributed by atoms with Gasteiger partial charge in [0.2, 0.25) is 5.91 Å². The topological polar surface area (TPSA) is 106 Å². The Morgan fingerprint density at radius 3 is 2.12 bits per heavy atom. The second-order valence-corrected chi connectivity index (χ2v) is 9.29. The van der Waals surface area contributed by atoms with Crippen molar-refractivity contribution in [3.05, 3.63) is 48.5 Å². The third-order valence-electron chi connectivity index (χ3n) is 5.42. The highest BCUT2D eigenvalue weighted by atomic mass is 32.2. The van der Waals surface area contributed by atoms with Gasteiger partial charge in [-0.15, -0.1) is 0 Å². The summed E-state index contributed by atoms with van der Waals surface area (Å²) in [4.78, 5) is 28.2. The smallest absolute Gasteiger partial charge is 0.409 e. The van der Waals surface area contributed by atoms with E-state index in [4.69, 9.17) is 14.2 Å². The van der Waals surface area contributed by atoms with Gasteiger partial charge in [-0.1, -0.05) is 18.2 Å². The molecule has 1 aliphatic rings. The minimum atomic E-state index is -4.06. The molecule has 0 unspecified atom stereocenters. The van der Waals surface area contributed by atoms with Crippen molar-refractivity contribution < 1.29 is 32.2 Å². The second-order valence-electron chi connectivity index (χ2n) is 7.43. The van der Waals surface area contributed by atoms with Crippen molar-refractivity contribution in [3.8, 4) is 11.5 Å². The zero-order valence-electron chi connectivity index (χ0n) is 19.5. The first-order valence-electron chi connectivity index (χ1n) is 10.8. The van der Waals surface area contributed by atoms with Gasteiger partial charge in [0.15, 0.2) is 11.5 Å². The molecule has 0 atom stereocenters. The molecule has 3 rings (SSSR count). The van der Waals surface area contributed by atoms with Gasteiger partial charge in [-0.05, 0) is 31.2 Å². The molecule has 0 spiro atoms. The first kappa shape index (κ1) is 25.2. The lowest BCUT2D eigenvalue weighted by Gasteiger charge is -2.35. The average Bonchev–Trinajstić information content (AvgIpc) is 2.87. The molecule has 2 aromatic carbocycles. The zero-order valence-corrected chi connectivity index (χ0v) is 20.3. The van der Waals surface area contributed by atoms with Gasteiger partial charge in [0.1, 0.15) is 6.54 Å². The summed E-state index contributed by atoms with van der Waals surface area (Å²) in [7, 11) is -1.13. The summed E-state index contributed by atoms with van der Waals surface area (Å²) in [5, 5.41) is 0. The van der Waals surface area contributed by atoms with E-state index in [1.165, 1.54) is 37.3 Å². The van der Waals surface area contributed by atoms with Crippen LogP contribution in [-0.2, 0) is 19.6 Å². The fraction of sp³-hybridized carbons (Fsp3) is 0.391. The predicted octanol–water partition coefficient (Wildman–Crippen LogP) is 2.20. The monoisotopic (exact) mass is 491 g/mol. The Balaban J connectivity index is 1.87. The molecule has 0 saturated carbocycles. The van der Waals surface area contributed by atoms with E-state index in [0.717, 1.165) is 4.31 Å². The van der Waals surface area contributed by atoms with E-state index >= 15 is 0 Å². The summed E-state index contributed by atoms with van der Waals surface area (Å²) in [5.74, 6) is 0.395. The number of rotatable bonds is 8. The molecule has 1 saturated heterocycles. The molecule has 2 aromatic rings. The lowest BCUT2D eigenvalue weighted by atomic mass is 10.2. The maximum Gasteiger partial charge on any atom is 0.409 e. The van der Waals surface area contributed by atoms with E-state index in [9.17, 15) is 18.0 Å². The van der Waals surface area contributed by atoms with E-state index in [-0.39, 0.29) is 36.2 Å². The molecule has 0 radical (unpaired) electrons. The molecule has 10 nitrogen and oxygen atoms in total. The number of hydrogen-bond donors (Lipinski definition) is 0. The Kier molecular flexibility index (Phi) is 8.21. The second kappa shape index (κ2) is 11.1. The van der Waals surface area contributed by atoms with Crippen LogP contribution in [0.3, 0.4) is 0 Å². The summed E-state index contributed by atoms with van der Waals surface area (Å²) in [6.45, 7) is 2.78. The van der Waals surface area contributed by atoms with Gasteiger partial charge in [-0.3, -0.25) is 9.10 Å². The number of ether oxygens (including phenoxy) is 3. The highest BCUT2D eigenvalue weighted by Gasteiger charge is 2.31. The van der Waals surface area contributed by atoms with Crippen LogP contribution in [-0.4, -0.2) is 83.8 Å². The molecule has 0 aromatic heterocycles. The lowest BCUT2D eigenvalue weighted by Crippen LogP contribution is -2.53. The molecule has 1 fully saturated rings. The standard InChI is InChI=1S/C23H29N3O7S/c1-4-33-23(28)25-14-12-24(13-15-25)22(27)17-26(34(29,30)19-8-6-5-7-9-19)18-10-11-20(31-2)21(16-18)32-3/h5-11,16H,4,12-15,17H2,1-3H3. The maximum atomic E-state index is 13.5. The number of methoxy groups -OCH3 is 2. The fourth-order valence-corrected chi connectivity index (χ4v) is 5.02. The summed E-state index contributed by atoms with van der Waals surface area (Å²) < 4.78 is 43.7. The number of sulfonamides is 1. The number of carbonyl (C=O) groups excluding carboxylic acids is 2. The maximum absolute atomic E-state index is 13.5. The molecule has 1 heterocycles. The molecule has 0 bridgehead atoms. The normalized spacial score (nSPS) is 13.9. The fourth-order valence-electron chi connectivity index (χ4n) is 3.59. The van der Waals surface area contributed by atoms with Crippen LogP contribution in [0.2, 0.25) is 0 Å². The Morgan fingerprint density at radius 2 is 1.53 bits per heavy atom. The van der Waals surface area contributed by atoms with Crippen molar-refractivity contribution >= 4 is 27.7 Å². The number of amides is 2. The van der Waals surface area contributed by atoms with Gasteiger partial charge < -0.3 is 24.0 Å². The first-order valence-corrected chi connectivity index (χ1v) is 12.2. The number of benzene rings is 2. The Bertz CT molecular complexity index is 1100. The molecule has 34 heavy (non-hydrogen) atoms. The molecule has 0 aliphatic carbocycles. The molecular weight excluding hydrogens is 462 g/mol. The van der Waals surface area contributed by atoms with Gasteiger partial charge in [0.25, 0.3) is 10.0 Å². The highest BCUT2D eigenvalue weighted by Crippen LogP contribution is 2.33. The van der Waals surface area contributed by atoms with Crippen LogP contribution < -0.4 is 13.8 Å². The van der Waals surface area contributed by atoms with Crippen LogP contribution in [0, 0.1) is 0 Å². The summed E-state index contributed by atoms with van der Waals surface area (Å²) in [6.07, 6.45) is -0.423. The molecule has 2 amide bonds. The van der Waals surface area contributed by atoms with Crippen LogP contribution in [0.25, 0.3) is 0 Å². The van der Waals surface area contributed by atoms with Crippen molar-refractivity contribution in [1.29, 1.82) is 0 Å². The zero-order chi connectivity index (χ0) is 24.7. The molecule has 1 aliphatic heterocycles. The summed E-state index contributed by atoms with van der Waals surface area (Å²) >= 11 is 0. The van der Waals surface area contributed by atoms with Crippen molar-refractivity contribution in [1.82, 2.24) is 9.80 Å². The van der Waals surface area contributed by atoms with Gasteiger partial charge in [0, 0.05) is 32.2 Å². The van der Waals surface area contributed by atoms with E-state index in [0.29, 0.717) is 24.6 Å². The third-order valence-corrected chi connectivity index (χ3v) is 7.21. The number of nitrogens with zero attached hydrogens (tertiary/aromatic N) is 3. The Hall–Kier alpha value is -3.47. The highest BCUT2D eigenvalue weighted by molar-refractivity contribution is 7.92. The van der Waals surface area contributed by atoms with Crippen LogP contribution in [0.4, 0.5) is 10.5 Å². The molecule has 0 N–H and O–H groups in total. The van der Waals surface area contributed by atoms with E-state index in [1.54, 1.807) is 42.2 Å². The van der Waals surface area contributed by atoms with Crippen molar-refractivity contribution in [2.75, 3.05) is 57.9 Å². The van der Waals surface area contributed by atoms with Crippen LogP contribution in [0.15, 0.2) is 53.4 Å². The third kappa shape index (κ3) is 5.53. The average molecular weight is 492 g/mol. The Labute approximate surface area is 199 Å². The van der Waals surface area contributed by atoms with E-state index in [1.807, 2.05) is 0 Å². The molecule has 184 valence electrons. The van der Waals surface area contributed by atoms with Crippen LogP contribution in [0.1, 0.15) is 6.92 Å². The SMILES string of the molecule is CCOC(=O)N1CCN(C(=O)CN(c2ccc(OC)c(OC)c2)S(=O)(=O)c2ccccc2)CC1. The Morgan fingerprint density at radius 1 is 0.912 bits per heavy atom. The van der Waals surface area contributed by atoms with Gasteiger partial charge in [0.05, 0.1) is 31.4 Å². The minimum Gasteiger partial charge on any atom is -0.493 e. The minimum absolute atomic E-state index is 0.0599. The largest absolute Gasteiger partial charge is 0.493 e. The van der Waals surface area contributed by atoms with Gasteiger partial charge in [-0.25, -0.2) is 13.2 Å². The number of piperazine rings is 1. The predicted molar refractivity (Wildman–Crippen MR) is 126 cm³/mol. The van der Waals surface area contributed by atoms with Gasteiger partial charge >= 0.3 is 6.09 Å². The number of hydrogen-bond acceptors (Lipinski definition) is 7. The number of carbonyl (C=O) groups is 2. The number of anilines is 1. The van der Waals surface area contributed by atoms with Crippen molar-refractivity contribution in [2.24, 2.45) is 0 Å². The van der Waals surface area contributed by atoms with Crippen LogP contribution >= 0.6 is 0 Å². The summed E-state index contributed by atoms with van der Waals surface area (Å²) in [6, 6.07) is 12.6.